The minimum Gasteiger partial charge on any atom is -0.512 e. The van der Waals surface area contributed by atoms with Crippen molar-refractivity contribution in [2.24, 2.45) is 0 Å². The maximum absolute atomic E-state index is 6.25. The zero-order valence-corrected chi connectivity index (χ0v) is 7.86. The summed E-state index contributed by atoms with van der Waals surface area (Å²) in [6, 6.07) is 0. The molecule has 0 saturated heterocycles. The Hall–Kier alpha value is 0.633. The molecule has 0 saturated carbocycles. The Morgan fingerprint density at radius 2 is 1.00 bits per heavy atom. The first-order valence-electron chi connectivity index (χ1n) is 0.224. The quantitative estimate of drug-likeness (QED) is 0.407. The molecule has 0 heterocycles. The first-order valence-corrected chi connectivity index (χ1v) is 0.224. The fraction of sp³-hybridized carbons (Fsp3) is 0. The Kier molecular flexibility index (Phi) is 3970. The number of hydrogen-bond donors (Lipinski definition) is 0. The van der Waals surface area contributed by atoms with E-state index in [1.54, 1.807) is 0 Å². The van der Waals surface area contributed by atoms with E-state index in [1.165, 1.54) is 0 Å². The molecule has 0 aromatic carbocycles. The van der Waals surface area contributed by atoms with E-state index in [0.29, 0.717) is 0 Å². The van der Waals surface area contributed by atoms with E-state index in [-0.39, 0.29) is 51.4 Å². The molecule has 0 unspecified atom stereocenters. The molecule has 0 amide bonds. The molecule has 6 heavy (non-hydrogen) atoms. The van der Waals surface area contributed by atoms with Crippen molar-refractivity contribution < 1.29 is 36.5 Å². The molecular weight excluding hydrogens is 179 g/mol. The van der Waals surface area contributed by atoms with Crippen molar-refractivity contribution in [1.29, 1.82) is 5.26 Å². The SMILES string of the molecule is [C-]#N.[CH3-].[CH3-].[Cu+].[Zn+2]. The predicted molar refractivity (Wildman–Crippen MR) is 17.8 cm³/mol. The summed E-state index contributed by atoms with van der Waals surface area (Å²) in [6.07, 6.45) is 0. The minimum atomic E-state index is 0. The predicted octanol–water partition coefficient (Wildman–Crippen LogP) is 0.992. The Bertz CT molecular complexity index is 15.5. The summed E-state index contributed by atoms with van der Waals surface area (Å²) in [4.78, 5) is 0. The third-order valence-corrected chi connectivity index (χ3v) is 0. The van der Waals surface area contributed by atoms with Crippen LogP contribution < -0.4 is 0 Å². The van der Waals surface area contributed by atoms with Gasteiger partial charge in [0, 0.05) is 0 Å². The molecule has 1 nitrogen and oxygen atoms in total. The average molecular weight is 185 g/mol. The third kappa shape index (κ3) is 153. The van der Waals surface area contributed by atoms with Gasteiger partial charge in [-0.2, -0.15) is 0 Å². The topological polar surface area (TPSA) is 23.8 Å². The van der Waals surface area contributed by atoms with Gasteiger partial charge in [0.15, 0.2) is 0 Å². The van der Waals surface area contributed by atoms with Crippen molar-refractivity contribution in [2.45, 2.75) is 0 Å². The zero-order chi connectivity index (χ0) is 2.00. The maximum atomic E-state index is 6.25. The summed E-state index contributed by atoms with van der Waals surface area (Å²) in [7, 11) is 0. The molecule has 36 valence electrons. The van der Waals surface area contributed by atoms with Crippen molar-refractivity contribution in [3.8, 4) is 0 Å². The van der Waals surface area contributed by atoms with Crippen LogP contribution in [0.1, 0.15) is 0 Å². The molecule has 0 N–H and O–H groups in total. The van der Waals surface area contributed by atoms with Crippen molar-refractivity contribution in [3.63, 3.8) is 0 Å². The second-order valence-corrected chi connectivity index (χ2v) is 0. The molecule has 0 atom stereocenters. The normalized spacial score (nSPS) is 0.333. The summed E-state index contributed by atoms with van der Waals surface area (Å²) in [6.45, 7) is 4.75. The van der Waals surface area contributed by atoms with Gasteiger partial charge in [0.1, 0.15) is 0 Å². The molecule has 0 rings (SSSR count). The van der Waals surface area contributed by atoms with E-state index in [1.807, 2.05) is 0 Å². The van der Waals surface area contributed by atoms with Crippen LogP contribution in [0.5, 0.6) is 0 Å². The standard InChI is InChI=1S/CN.2CH3.Cu.Zn/c1-2;;;;/h;2*1H3;;/q3*-1;+1;+2. The molecule has 0 radical (unpaired) electrons. The van der Waals surface area contributed by atoms with Crippen LogP contribution in [0, 0.1) is 26.7 Å². The number of hydrogen-bond acceptors (Lipinski definition) is 1. The molecule has 0 bridgehead atoms. The summed E-state index contributed by atoms with van der Waals surface area (Å²) in [5.41, 5.74) is 0. The van der Waals surface area contributed by atoms with Crippen LogP contribution in [0.25, 0.3) is 0 Å². The van der Waals surface area contributed by atoms with Gasteiger partial charge in [0.05, 0.1) is 0 Å². The van der Waals surface area contributed by atoms with E-state index < -0.39 is 0 Å². The van der Waals surface area contributed by atoms with Crippen LogP contribution in [-0.4, -0.2) is 0 Å². The molecular formula is C3H6CuNZn. The molecule has 3 heteroatoms. The van der Waals surface area contributed by atoms with E-state index in [2.05, 4.69) is 0 Å². The Labute approximate surface area is 63.4 Å². The van der Waals surface area contributed by atoms with Gasteiger partial charge in [0.25, 0.3) is 0 Å². The maximum Gasteiger partial charge on any atom is 2.00 e. The minimum absolute atomic E-state index is 0. The largest absolute Gasteiger partial charge is 2.00 e. The third-order valence-electron chi connectivity index (χ3n) is 0. The van der Waals surface area contributed by atoms with Crippen LogP contribution in [0.15, 0.2) is 0 Å². The second-order valence-electron chi connectivity index (χ2n) is 0. The van der Waals surface area contributed by atoms with Crippen LogP contribution in [0.3, 0.4) is 0 Å². The fourth-order valence-electron chi connectivity index (χ4n) is 0. The van der Waals surface area contributed by atoms with Gasteiger partial charge >= 0.3 is 36.5 Å². The van der Waals surface area contributed by atoms with E-state index in [4.69, 9.17) is 11.8 Å². The van der Waals surface area contributed by atoms with E-state index in [0.717, 1.165) is 0 Å². The molecule has 0 spiro atoms. The van der Waals surface area contributed by atoms with Crippen molar-refractivity contribution >= 4 is 0 Å². The zero-order valence-electron chi connectivity index (χ0n) is 3.96. The van der Waals surface area contributed by atoms with Gasteiger partial charge in [-0.1, -0.05) is 0 Å². The first kappa shape index (κ1) is 78.9. The summed E-state index contributed by atoms with van der Waals surface area (Å²) in [5.74, 6) is 0. The smallest absolute Gasteiger partial charge is 0.512 e. The molecule has 0 aliphatic carbocycles. The van der Waals surface area contributed by atoms with Crippen molar-refractivity contribution in [3.05, 3.63) is 21.4 Å². The fourth-order valence-corrected chi connectivity index (χ4v) is 0. The molecule has 0 fully saturated rings. The molecule has 0 aliphatic heterocycles. The first-order chi connectivity index (χ1) is 1.00. The van der Waals surface area contributed by atoms with Gasteiger partial charge < -0.3 is 26.7 Å². The van der Waals surface area contributed by atoms with Gasteiger partial charge in [-0.3, -0.25) is 0 Å². The van der Waals surface area contributed by atoms with Crippen LogP contribution in [0.2, 0.25) is 0 Å². The van der Waals surface area contributed by atoms with E-state index >= 15 is 0 Å². The van der Waals surface area contributed by atoms with Gasteiger partial charge in [-0.25, -0.2) is 0 Å². The van der Waals surface area contributed by atoms with Gasteiger partial charge in [0.2, 0.25) is 0 Å². The Morgan fingerprint density at radius 1 is 1.00 bits per heavy atom. The number of rotatable bonds is 0. The van der Waals surface area contributed by atoms with Crippen LogP contribution in [-0.2, 0) is 36.5 Å². The van der Waals surface area contributed by atoms with Crippen LogP contribution >= 0.6 is 0 Å². The molecule has 0 aromatic heterocycles. The monoisotopic (exact) mass is 183 g/mol. The van der Waals surface area contributed by atoms with Crippen molar-refractivity contribution in [2.75, 3.05) is 0 Å². The Balaban J connectivity index is -0.000000000833. The molecule has 0 aliphatic rings. The van der Waals surface area contributed by atoms with E-state index in [9.17, 15) is 0 Å². The summed E-state index contributed by atoms with van der Waals surface area (Å²) < 4.78 is 0. The van der Waals surface area contributed by atoms with Gasteiger partial charge in [-0.15, -0.1) is 0 Å². The number of nitrogens with zero attached hydrogens (tertiary/aromatic N) is 1. The summed E-state index contributed by atoms with van der Waals surface area (Å²) >= 11 is 0. The summed E-state index contributed by atoms with van der Waals surface area (Å²) in [5, 5.41) is 6.25. The van der Waals surface area contributed by atoms with Gasteiger partial charge in [-0.05, 0) is 0 Å². The average Bonchev–Trinajstić information content (AvgIpc) is 1.00. The molecule has 0 aromatic rings. The van der Waals surface area contributed by atoms with Crippen molar-refractivity contribution in [1.82, 2.24) is 0 Å². The van der Waals surface area contributed by atoms with Crippen LogP contribution in [0.4, 0.5) is 0 Å². The Morgan fingerprint density at radius 3 is 1.00 bits per heavy atom. The second kappa shape index (κ2) is 302.